The van der Waals surface area contributed by atoms with Gasteiger partial charge in [0.15, 0.2) is 0 Å². The van der Waals surface area contributed by atoms with Crippen LogP contribution in [0.25, 0.3) is 131 Å². The predicted molar refractivity (Wildman–Crippen MR) is 261 cm³/mol. The van der Waals surface area contributed by atoms with Gasteiger partial charge in [-0.1, -0.05) is 164 Å². The summed E-state index contributed by atoms with van der Waals surface area (Å²) in [6.07, 6.45) is 0. The smallest absolute Gasteiger partial charge is 0.235 e. The monoisotopic (exact) mass is 786 g/mol. The number of hydrogen-bond acceptors (Lipinski definition) is 2. The van der Waals surface area contributed by atoms with Gasteiger partial charge in [-0.05, 0) is 85.6 Å². The van der Waals surface area contributed by atoms with E-state index in [4.69, 9.17) is 9.97 Å². The lowest BCUT2D eigenvalue weighted by Crippen LogP contribution is -2.04. The van der Waals surface area contributed by atoms with Gasteiger partial charge in [0.25, 0.3) is 0 Å². The molecule has 14 rings (SSSR count). The molecule has 0 bridgehead atoms. The van der Waals surface area contributed by atoms with E-state index in [1.54, 1.807) is 0 Å². The molecule has 0 atom stereocenters. The number of nitrogens with zero attached hydrogens (tertiary/aromatic N) is 4. The molecule has 0 saturated carbocycles. The second-order valence-corrected chi connectivity index (χ2v) is 16.5. The quantitative estimate of drug-likeness (QED) is 0.167. The predicted octanol–water partition coefficient (Wildman–Crippen LogP) is 15.3. The molecular weight excluding hydrogens is 753 g/mol. The summed E-state index contributed by atoms with van der Waals surface area (Å²) in [6.45, 7) is 0. The fourth-order valence-electron chi connectivity index (χ4n) is 10.6. The van der Waals surface area contributed by atoms with Gasteiger partial charge >= 0.3 is 0 Å². The number of benzene rings is 11. The minimum absolute atomic E-state index is 0.646. The van der Waals surface area contributed by atoms with E-state index in [9.17, 15) is 0 Å². The molecule has 0 spiro atoms. The van der Waals surface area contributed by atoms with E-state index in [-0.39, 0.29) is 0 Å². The van der Waals surface area contributed by atoms with Crippen molar-refractivity contribution in [2.75, 3.05) is 0 Å². The standard InChI is InChI=1S/C58H34N4/c1-2-16-38(17-3-1)61-49-25-13-12-23-44(49)45-29-27-37(34-52(45)61)56-48-30-26-36-15-5-7-19-40(36)57(48)60-58(59-56)62-50-32-28-35-14-4-6-18-39(35)54(50)55-51(62)33-31-47-43-22-9-8-20-41(43)42-21-10-11-24-46(42)53(47)55/h1-34H. The summed E-state index contributed by atoms with van der Waals surface area (Å²) in [7, 11) is 0. The van der Waals surface area contributed by atoms with Crippen molar-refractivity contribution in [1.82, 2.24) is 19.1 Å². The van der Waals surface area contributed by atoms with Gasteiger partial charge in [0.05, 0.1) is 33.3 Å². The molecule has 286 valence electrons. The van der Waals surface area contributed by atoms with Crippen LogP contribution < -0.4 is 0 Å². The Kier molecular flexibility index (Phi) is 6.80. The van der Waals surface area contributed by atoms with Gasteiger partial charge in [-0.2, -0.15) is 0 Å². The van der Waals surface area contributed by atoms with Crippen LogP contribution in [0.2, 0.25) is 0 Å². The first-order valence-electron chi connectivity index (χ1n) is 21.3. The van der Waals surface area contributed by atoms with Crippen LogP contribution in [0.5, 0.6) is 0 Å². The van der Waals surface area contributed by atoms with Crippen molar-refractivity contribution in [3.8, 4) is 22.9 Å². The number of para-hydroxylation sites is 2. The fraction of sp³-hybridized carbons (Fsp3) is 0. The summed E-state index contributed by atoms with van der Waals surface area (Å²) in [5.74, 6) is 0.646. The van der Waals surface area contributed by atoms with Crippen LogP contribution in [0.1, 0.15) is 0 Å². The van der Waals surface area contributed by atoms with E-state index in [1.165, 1.54) is 70.2 Å². The van der Waals surface area contributed by atoms with Gasteiger partial charge in [-0.3, -0.25) is 4.57 Å². The molecule has 0 aliphatic heterocycles. The Labute approximate surface area is 355 Å². The molecule has 0 aliphatic rings. The van der Waals surface area contributed by atoms with Gasteiger partial charge in [0.1, 0.15) is 0 Å². The molecule has 0 amide bonds. The van der Waals surface area contributed by atoms with E-state index < -0.39 is 0 Å². The van der Waals surface area contributed by atoms with E-state index in [1.807, 2.05) is 0 Å². The molecule has 0 saturated heterocycles. The van der Waals surface area contributed by atoms with Crippen molar-refractivity contribution in [3.05, 3.63) is 206 Å². The number of aromatic nitrogens is 4. The van der Waals surface area contributed by atoms with Crippen LogP contribution in [0, 0.1) is 0 Å². The van der Waals surface area contributed by atoms with Crippen LogP contribution in [0.15, 0.2) is 206 Å². The first kappa shape index (κ1) is 33.5. The van der Waals surface area contributed by atoms with Crippen LogP contribution in [0.4, 0.5) is 0 Å². The fourth-order valence-corrected chi connectivity index (χ4v) is 10.6. The summed E-state index contributed by atoms with van der Waals surface area (Å²) in [6, 6.07) is 74.8. The third-order valence-electron chi connectivity index (χ3n) is 13.3. The van der Waals surface area contributed by atoms with Crippen molar-refractivity contribution in [3.63, 3.8) is 0 Å². The van der Waals surface area contributed by atoms with Crippen molar-refractivity contribution in [1.29, 1.82) is 0 Å². The highest BCUT2D eigenvalue weighted by atomic mass is 15.2. The topological polar surface area (TPSA) is 35.6 Å². The van der Waals surface area contributed by atoms with Crippen molar-refractivity contribution < 1.29 is 0 Å². The normalized spacial score (nSPS) is 12.2. The molecule has 3 heterocycles. The van der Waals surface area contributed by atoms with Crippen molar-refractivity contribution >= 4 is 108 Å². The molecule has 0 fully saturated rings. The average Bonchev–Trinajstić information content (AvgIpc) is 3.87. The lowest BCUT2D eigenvalue weighted by Gasteiger charge is -2.14. The minimum Gasteiger partial charge on any atom is -0.309 e. The third-order valence-corrected chi connectivity index (χ3v) is 13.3. The van der Waals surface area contributed by atoms with Gasteiger partial charge < -0.3 is 4.57 Å². The van der Waals surface area contributed by atoms with Gasteiger partial charge in [-0.25, -0.2) is 9.97 Å². The summed E-state index contributed by atoms with van der Waals surface area (Å²) >= 11 is 0. The van der Waals surface area contributed by atoms with Gasteiger partial charge in [0, 0.05) is 49.0 Å². The molecule has 11 aromatic carbocycles. The van der Waals surface area contributed by atoms with E-state index >= 15 is 0 Å². The maximum Gasteiger partial charge on any atom is 0.235 e. The largest absolute Gasteiger partial charge is 0.309 e. The molecule has 0 aliphatic carbocycles. The molecule has 0 N–H and O–H groups in total. The van der Waals surface area contributed by atoms with Crippen molar-refractivity contribution in [2.45, 2.75) is 0 Å². The van der Waals surface area contributed by atoms with E-state index in [2.05, 4.69) is 215 Å². The molecule has 3 aromatic heterocycles. The Morgan fingerprint density at radius 2 is 0.823 bits per heavy atom. The zero-order chi connectivity index (χ0) is 40.5. The Morgan fingerprint density at radius 3 is 1.61 bits per heavy atom. The third kappa shape index (κ3) is 4.55. The highest BCUT2D eigenvalue weighted by molar-refractivity contribution is 6.37. The molecule has 0 radical (unpaired) electrons. The van der Waals surface area contributed by atoms with E-state index in [0.717, 1.165) is 55.2 Å². The molecule has 0 unspecified atom stereocenters. The first-order valence-corrected chi connectivity index (χ1v) is 21.3. The summed E-state index contributed by atoms with van der Waals surface area (Å²) in [4.78, 5) is 11.3. The molecule has 62 heavy (non-hydrogen) atoms. The maximum atomic E-state index is 5.70. The Morgan fingerprint density at radius 1 is 0.290 bits per heavy atom. The zero-order valence-electron chi connectivity index (χ0n) is 33.4. The minimum atomic E-state index is 0.646. The van der Waals surface area contributed by atoms with Crippen LogP contribution in [-0.4, -0.2) is 19.1 Å². The van der Waals surface area contributed by atoms with Crippen LogP contribution in [-0.2, 0) is 0 Å². The van der Waals surface area contributed by atoms with Crippen LogP contribution >= 0.6 is 0 Å². The highest BCUT2D eigenvalue weighted by Crippen LogP contribution is 2.46. The van der Waals surface area contributed by atoms with Gasteiger partial charge in [0.2, 0.25) is 5.95 Å². The number of hydrogen-bond donors (Lipinski definition) is 0. The SMILES string of the molecule is c1ccc(-n2c3ccccc3c3ccc(-c4nc(-n5c6ccc7ccccc7c6c6c7c8ccccc8c8ccccc8c7ccc65)nc5c4ccc4ccccc45)cc32)cc1. The average molecular weight is 787 g/mol. The number of rotatable bonds is 3. The van der Waals surface area contributed by atoms with Crippen LogP contribution in [0.3, 0.4) is 0 Å². The maximum absolute atomic E-state index is 5.70. The second-order valence-electron chi connectivity index (χ2n) is 16.5. The number of fused-ring (bicyclic) bond motifs is 18. The molecule has 4 nitrogen and oxygen atoms in total. The Hall–Kier alpha value is -8.34. The van der Waals surface area contributed by atoms with E-state index in [0.29, 0.717) is 5.95 Å². The highest BCUT2D eigenvalue weighted by Gasteiger charge is 2.23. The van der Waals surface area contributed by atoms with Gasteiger partial charge in [-0.15, -0.1) is 0 Å². The summed E-state index contributed by atoms with van der Waals surface area (Å²) in [5.41, 5.74) is 8.46. The molecule has 14 aromatic rings. The second kappa shape index (κ2) is 12.6. The Balaban J connectivity index is 1.15. The summed E-state index contributed by atoms with van der Waals surface area (Å²) in [5, 5.41) is 18.0. The summed E-state index contributed by atoms with van der Waals surface area (Å²) < 4.78 is 4.70. The lowest BCUT2D eigenvalue weighted by atomic mass is 9.91. The molecular formula is C58H34N4. The molecule has 4 heteroatoms. The lowest BCUT2D eigenvalue weighted by molar-refractivity contribution is 1.02. The Bertz CT molecular complexity index is 4180. The van der Waals surface area contributed by atoms with Crippen molar-refractivity contribution in [2.24, 2.45) is 0 Å². The zero-order valence-corrected chi connectivity index (χ0v) is 33.4. The first-order chi connectivity index (χ1) is 30.8.